The SMILES string of the molecule is CSCC(C)(O)CNC(=O)C1CCCC1CN. The zero-order valence-electron chi connectivity index (χ0n) is 10.7. The second kappa shape index (κ2) is 6.61. The van der Waals surface area contributed by atoms with E-state index in [2.05, 4.69) is 5.32 Å². The van der Waals surface area contributed by atoms with Gasteiger partial charge in [-0.25, -0.2) is 0 Å². The van der Waals surface area contributed by atoms with E-state index in [1.807, 2.05) is 6.26 Å². The number of amides is 1. The maximum atomic E-state index is 12.0. The summed E-state index contributed by atoms with van der Waals surface area (Å²) in [4.78, 5) is 12.0. The van der Waals surface area contributed by atoms with E-state index in [4.69, 9.17) is 5.73 Å². The molecule has 0 aromatic heterocycles. The Bertz CT molecular complexity index is 259. The van der Waals surface area contributed by atoms with Crippen LogP contribution in [-0.2, 0) is 4.79 Å². The third-order valence-electron chi connectivity index (χ3n) is 3.40. The fourth-order valence-corrected chi connectivity index (χ4v) is 3.16. The summed E-state index contributed by atoms with van der Waals surface area (Å²) in [7, 11) is 0. The average Bonchev–Trinajstić information content (AvgIpc) is 2.74. The predicted octanol–water partition coefficient (Wildman–Crippen LogP) is 0.592. The van der Waals surface area contributed by atoms with Crippen molar-refractivity contribution in [2.24, 2.45) is 17.6 Å². The normalized spacial score (nSPS) is 27.8. The first kappa shape index (κ1) is 14.8. The van der Waals surface area contributed by atoms with Crippen molar-refractivity contribution in [2.75, 3.05) is 25.1 Å². The Morgan fingerprint density at radius 1 is 1.59 bits per heavy atom. The van der Waals surface area contributed by atoms with Gasteiger partial charge < -0.3 is 16.2 Å². The van der Waals surface area contributed by atoms with Crippen molar-refractivity contribution >= 4 is 17.7 Å². The lowest BCUT2D eigenvalue weighted by Gasteiger charge is -2.24. The molecule has 3 unspecified atom stereocenters. The average molecular weight is 260 g/mol. The highest BCUT2D eigenvalue weighted by Crippen LogP contribution is 2.30. The Hall–Kier alpha value is -0.260. The van der Waals surface area contributed by atoms with Gasteiger partial charge in [0.15, 0.2) is 0 Å². The van der Waals surface area contributed by atoms with Gasteiger partial charge in [-0.15, -0.1) is 0 Å². The molecular formula is C12H24N2O2S. The lowest BCUT2D eigenvalue weighted by molar-refractivity contribution is -0.126. The molecule has 1 amide bonds. The Labute approximate surface area is 108 Å². The van der Waals surface area contributed by atoms with Gasteiger partial charge in [-0.1, -0.05) is 6.42 Å². The molecule has 5 heteroatoms. The number of carbonyl (C=O) groups is 1. The summed E-state index contributed by atoms with van der Waals surface area (Å²) < 4.78 is 0. The van der Waals surface area contributed by atoms with Gasteiger partial charge >= 0.3 is 0 Å². The Kier molecular flexibility index (Phi) is 5.76. The van der Waals surface area contributed by atoms with Gasteiger partial charge in [0.05, 0.1) is 5.60 Å². The van der Waals surface area contributed by atoms with Crippen LogP contribution < -0.4 is 11.1 Å². The van der Waals surface area contributed by atoms with Crippen LogP contribution in [0.25, 0.3) is 0 Å². The minimum absolute atomic E-state index is 0.0464. The van der Waals surface area contributed by atoms with E-state index in [-0.39, 0.29) is 11.8 Å². The lowest BCUT2D eigenvalue weighted by atomic mass is 9.95. The van der Waals surface area contributed by atoms with Gasteiger partial charge in [0.2, 0.25) is 5.91 Å². The van der Waals surface area contributed by atoms with Crippen molar-refractivity contribution in [3.63, 3.8) is 0 Å². The second-order valence-corrected chi connectivity index (χ2v) is 6.05. The van der Waals surface area contributed by atoms with E-state index in [1.165, 1.54) is 0 Å². The van der Waals surface area contributed by atoms with Crippen molar-refractivity contribution in [3.05, 3.63) is 0 Å². The standard InChI is InChI=1S/C12H24N2O2S/c1-12(16,8-17-2)7-14-11(15)10-5-3-4-9(10)6-13/h9-10,16H,3-8,13H2,1-2H3,(H,14,15). The van der Waals surface area contributed by atoms with Crippen LogP contribution in [0.2, 0.25) is 0 Å². The molecular weight excluding hydrogens is 236 g/mol. The first-order valence-electron chi connectivity index (χ1n) is 6.19. The molecule has 1 rings (SSSR count). The van der Waals surface area contributed by atoms with Crippen molar-refractivity contribution in [3.8, 4) is 0 Å². The summed E-state index contributed by atoms with van der Waals surface area (Å²) >= 11 is 1.58. The van der Waals surface area contributed by atoms with E-state index >= 15 is 0 Å². The van der Waals surface area contributed by atoms with Gasteiger partial charge in [-0.05, 0) is 38.5 Å². The number of aliphatic hydroxyl groups is 1. The molecule has 0 aliphatic heterocycles. The second-order valence-electron chi connectivity index (χ2n) is 5.18. The summed E-state index contributed by atoms with van der Waals surface area (Å²) in [5.41, 5.74) is 4.83. The monoisotopic (exact) mass is 260 g/mol. The molecule has 0 spiro atoms. The maximum absolute atomic E-state index is 12.0. The molecule has 17 heavy (non-hydrogen) atoms. The molecule has 0 aromatic carbocycles. The van der Waals surface area contributed by atoms with Crippen LogP contribution in [-0.4, -0.2) is 41.7 Å². The van der Waals surface area contributed by atoms with E-state index in [0.717, 1.165) is 19.3 Å². The lowest BCUT2D eigenvalue weighted by Crippen LogP contribution is -2.45. The number of carbonyl (C=O) groups excluding carboxylic acids is 1. The van der Waals surface area contributed by atoms with Gasteiger partial charge in [0, 0.05) is 18.2 Å². The number of nitrogens with one attached hydrogen (secondary N) is 1. The molecule has 1 fully saturated rings. The molecule has 0 saturated heterocycles. The smallest absolute Gasteiger partial charge is 0.223 e. The minimum atomic E-state index is -0.827. The topological polar surface area (TPSA) is 75.3 Å². The van der Waals surface area contributed by atoms with Crippen molar-refractivity contribution < 1.29 is 9.90 Å². The predicted molar refractivity (Wildman–Crippen MR) is 71.9 cm³/mol. The van der Waals surface area contributed by atoms with Crippen LogP contribution in [0.15, 0.2) is 0 Å². The molecule has 3 atom stereocenters. The highest BCUT2D eigenvalue weighted by Gasteiger charge is 2.32. The number of hydrogen-bond acceptors (Lipinski definition) is 4. The van der Waals surface area contributed by atoms with Crippen molar-refractivity contribution in [2.45, 2.75) is 31.8 Å². The third kappa shape index (κ3) is 4.48. The molecule has 4 N–H and O–H groups in total. The van der Waals surface area contributed by atoms with Gasteiger partial charge in [-0.3, -0.25) is 4.79 Å². The molecule has 1 aliphatic rings. The highest BCUT2D eigenvalue weighted by atomic mass is 32.2. The van der Waals surface area contributed by atoms with Gasteiger partial charge in [0.1, 0.15) is 0 Å². The summed E-state index contributed by atoms with van der Waals surface area (Å²) in [6, 6.07) is 0. The van der Waals surface area contributed by atoms with E-state index in [0.29, 0.717) is 24.8 Å². The zero-order valence-corrected chi connectivity index (χ0v) is 11.6. The fourth-order valence-electron chi connectivity index (χ4n) is 2.43. The van der Waals surface area contributed by atoms with Crippen LogP contribution in [0.5, 0.6) is 0 Å². The molecule has 1 aliphatic carbocycles. The van der Waals surface area contributed by atoms with Crippen LogP contribution in [0.4, 0.5) is 0 Å². The van der Waals surface area contributed by atoms with E-state index in [1.54, 1.807) is 18.7 Å². The van der Waals surface area contributed by atoms with Gasteiger partial charge in [-0.2, -0.15) is 11.8 Å². The summed E-state index contributed by atoms with van der Waals surface area (Å²) in [5.74, 6) is 1.04. The maximum Gasteiger partial charge on any atom is 0.223 e. The molecule has 0 aromatic rings. The molecule has 0 radical (unpaired) electrons. The van der Waals surface area contributed by atoms with E-state index < -0.39 is 5.60 Å². The number of nitrogens with two attached hydrogens (primary N) is 1. The summed E-state index contributed by atoms with van der Waals surface area (Å²) in [6.45, 7) is 2.65. The summed E-state index contributed by atoms with van der Waals surface area (Å²) in [6.07, 6.45) is 5.01. The molecule has 4 nitrogen and oxygen atoms in total. The fraction of sp³-hybridized carbons (Fsp3) is 0.917. The number of rotatable bonds is 6. The Balaban J connectivity index is 2.39. The van der Waals surface area contributed by atoms with Crippen LogP contribution in [0, 0.1) is 11.8 Å². The highest BCUT2D eigenvalue weighted by molar-refractivity contribution is 7.98. The quantitative estimate of drug-likeness (QED) is 0.653. The minimum Gasteiger partial charge on any atom is -0.387 e. The Morgan fingerprint density at radius 3 is 2.88 bits per heavy atom. The molecule has 0 heterocycles. The Morgan fingerprint density at radius 2 is 2.29 bits per heavy atom. The first-order chi connectivity index (χ1) is 8.00. The van der Waals surface area contributed by atoms with E-state index in [9.17, 15) is 9.90 Å². The summed E-state index contributed by atoms with van der Waals surface area (Å²) in [5, 5.41) is 12.8. The van der Waals surface area contributed by atoms with Gasteiger partial charge in [0.25, 0.3) is 0 Å². The zero-order chi connectivity index (χ0) is 12.9. The van der Waals surface area contributed by atoms with Crippen LogP contribution in [0.1, 0.15) is 26.2 Å². The van der Waals surface area contributed by atoms with Crippen molar-refractivity contribution in [1.82, 2.24) is 5.32 Å². The number of thioether (sulfide) groups is 1. The third-order valence-corrected chi connectivity index (χ3v) is 4.31. The molecule has 1 saturated carbocycles. The molecule has 0 bridgehead atoms. The van der Waals surface area contributed by atoms with Crippen LogP contribution >= 0.6 is 11.8 Å². The number of hydrogen-bond donors (Lipinski definition) is 3. The largest absolute Gasteiger partial charge is 0.387 e. The van der Waals surface area contributed by atoms with Crippen molar-refractivity contribution in [1.29, 1.82) is 0 Å². The molecule has 100 valence electrons. The first-order valence-corrected chi connectivity index (χ1v) is 7.58. The van der Waals surface area contributed by atoms with Crippen LogP contribution in [0.3, 0.4) is 0 Å².